The van der Waals surface area contributed by atoms with Crippen LogP contribution in [0.25, 0.3) is 0 Å². The molecule has 1 aromatic carbocycles. The maximum absolute atomic E-state index is 13.4. The number of hydrogen-bond acceptors (Lipinski definition) is 5. The number of amides is 3. The summed E-state index contributed by atoms with van der Waals surface area (Å²) < 4.78 is 13.4. The molecular weight excluding hydrogens is 441 g/mol. The van der Waals surface area contributed by atoms with Crippen molar-refractivity contribution in [2.24, 2.45) is 11.7 Å². The van der Waals surface area contributed by atoms with E-state index in [9.17, 15) is 23.9 Å². The third-order valence-corrected chi connectivity index (χ3v) is 6.09. The number of benzene rings is 1. The Hall–Kier alpha value is -2.98. The first kappa shape index (κ1) is 23.7. The van der Waals surface area contributed by atoms with Crippen molar-refractivity contribution in [2.75, 3.05) is 25.1 Å². The number of aromatic nitrogens is 2. The molecule has 1 aliphatic rings. The Morgan fingerprint density at radius 3 is 2.56 bits per heavy atom. The summed E-state index contributed by atoms with van der Waals surface area (Å²) in [6.07, 6.45) is 3.43. The van der Waals surface area contributed by atoms with E-state index in [1.165, 1.54) is 28.3 Å². The zero-order chi connectivity index (χ0) is 23.4. The first-order valence-electron chi connectivity index (χ1n) is 10.2. The minimum Gasteiger partial charge on any atom is -0.395 e. The summed E-state index contributed by atoms with van der Waals surface area (Å²) in [7, 11) is 1.64. The number of primary amides is 1. The third kappa shape index (κ3) is 4.91. The maximum Gasteiger partial charge on any atom is 0.272 e. The van der Waals surface area contributed by atoms with Gasteiger partial charge in [-0.05, 0) is 43.9 Å². The molecule has 9 nitrogen and oxygen atoms in total. The van der Waals surface area contributed by atoms with Gasteiger partial charge in [-0.1, -0.05) is 11.6 Å². The summed E-state index contributed by atoms with van der Waals surface area (Å²) in [6, 6.07) is 3.63. The Bertz CT molecular complexity index is 1010. The molecular formula is C21H25ClFN5O4. The number of hydrogen-bond donors (Lipinski definition) is 3. The highest BCUT2D eigenvalue weighted by Gasteiger charge is 2.34. The van der Waals surface area contributed by atoms with E-state index in [1.54, 1.807) is 7.05 Å². The largest absolute Gasteiger partial charge is 0.395 e. The molecule has 4 N–H and O–H groups in total. The topological polar surface area (TPSA) is 133 Å². The summed E-state index contributed by atoms with van der Waals surface area (Å²) in [5, 5.41) is 9.52. The molecule has 1 saturated carbocycles. The number of anilines is 1. The average molecular weight is 466 g/mol. The molecule has 1 aromatic heterocycles. The highest BCUT2D eigenvalue weighted by Crippen LogP contribution is 2.33. The number of imidazole rings is 1. The van der Waals surface area contributed by atoms with Crippen molar-refractivity contribution < 1.29 is 23.9 Å². The molecule has 172 valence electrons. The number of rotatable bonds is 7. The number of aliphatic hydroxyl groups is 1. The maximum atomic E-state index is 13.4. The van der Waals surface area contributed by atoms with Gasteiger partial charge in [0, 0.05) is 25.6 Å². The number of carbonyl (C=O) groups is 3. The van der Waals surface area contributed by atoms with Crippen LogP contribution in [0.4, 0.5) is 10.1 Å². The van der Waals surface area contributed by atoms with Crippen LogP contribution in [0.5, 0.6) is 0 Å². The first-order chi connectivity index (χ1) is 15.2. The molecule has 1 heterocycles. The van der Waals surface area contributed by atoms with E-state index in [4.69, 9.17) is 17.3 Å². The molecule has 0 bridgehead atoms. The second-order valence-corrected chi connectivity index (χ2v) is 8.13. The van der Waals surface area contributed by atoms with Crippen molar-refractivity contribution in [3.63, 3.8) is 0 Å². The van der Waals surface area contributed by atoms with Gasteiger partial charge in [0.2, 0.25) is 5.91 Å². The molecule has 3 amide bonds. The summed E-state index contributed by atoms with van der Waals surface area (Å²) in [4.78, 5) is 46.8. The summed E-state index contributed by atoms with van der Waals surface area (Å²) in [5.74, 6) is -2.23. The Labute approximate surface area is 189 Å². The van der Waals surface area contributed by atoms with Crippen molar-refractivity contribution in [1.82, 2.24) is 14.9 Å². The lowest BCUT2D eigenvalue weighted by atomic mass is 9.84. The number of nitrogens with zero attached hydrogens (tertiary/aromatic N) is 3. The van der Waals surface area contributed by atoms with E-state index in [0.717, 1.165) is 6.07 Å². The fourth-order valence-corrected chi connectivity index (χ4v) is 4.34. The molecule has 0 saturated heterocycles. The number of H-pyrrole nitrogens is 1. The van der Waals surface area contributed by atoms with E-state index in [0.29, 0.717) is 31.4 Å². The van der Waals surface area contributed by atoms with Crippen molar-refractivity contribution in [1.29, 1.82) is 0 Å². The van der Waals surface area contributed by atoms with Crippen LogP contribution in [-0.2, 0) is 4.79 Å². The van der Waals surface area contributed by atoms with Gasteiger partial charge in [-0.15, -0.1) is 0 Å². The second kappa shape index (κ2) is 10.1. The van der Waals surface area contributed by atoms with E-state index in [-0.39, 0.29) is 47.4 Å². The minimum atomic E-state index is -0.791. The number of halogens is 2. The van der Waals surface area contributed by atoms with Crippen molar-refractivity contribution in [3.05, 3.63) is 46.8 Å². The summed E-state index contributed by atoms with van der Waals surface area (Å²) >= 11 is 6.13. The minimum absolute atomic E-state index is 0.0399. The summed E-state index contributed by atoms with van der Waals surface area (Å²) in [5.41, 5.74) is 5.54. The number of aliphatic hydroxyl groups excluding tert-OH is 1. The molecule has 1 fully saturated rings. The zero-order valence-electron chi connectivity index (χ0n) is 17.6. The van der Waals surface area contributed by atoms with Crippen LogP contribution in [0.3, 0.4) is 0 Å². The monoisotopic (exact) mass is 465 g/mol. The van der Waals surface area contributed by atoms with Gasteiger partial charge in [0.1, 0.15) is 11.5 Å². The Morgan fingerprint density at radius 1 is 1.28 bits per heavy atom. The predicted molar refractivity (Wildman–Crippen MR) is 116 cm³/mol. The molecule has 2 aromatic rings. The van der Waals surface area contributed by atoms with E-state index in [1.807, 2.05) is 0 Å². The molecule has 0 unspecified atom stereocenters. The Balaban J connectivity index is 1.67. The third-order valence-electron chi connectivity index (χ3n) is 5.79. The highest BCUT2D eigenvalue weighted by atomic mass is 35.5. The Kier molecular flexibility index (Phi) is 7.47. The molecule has 0 spiro atoms. The van der Waals surface area contributed by atoms with E-state index >= 15 is 0 Å². The van der Waals surface area contributed by atoms with Gasteiger partial charge in [-0.25, -0.2) is 9.37 Å². The number of nitrogens with two attached hydrogens (primary N) is 1. The van der Waals surface area contributed by atoms with Crippen molar-refractivity contribution in [3.8, 4) is 0 Å². The number of carbonyl (C=O) groups excluding carboxylic acids is 3. The van der Waals surface area contributed by atoms with Gasteiger partial charge >= 0.3 is 0 Å². The van der Waals surface area contributed by atoms with Gasteiger partial charge in [0.15, 0.2) is 5.69 Å². The van der Waals surface area contributed by atoms with Gasteiger partial charge < -0.3 is 25.6 Å². The molecule has 0 aliphatic heterocycles. The SMILES string of the molecule is CN(C(=O)c1[nH]cnc1C(N)=O)C1CCC(C(=O)N(CCO)c2ccc(F)cc2Cl)CC1. The smallest absolute Gasteiger partial charge is 0.272 e. The number of aromatic amines is 1. The van der Waals surface area contributed by atoms with Gasteiger partial charge in [-0.3, -0.25) is 14.4 Å². The van der Waals surface area contributed by atoms with Crippen LogP contribution in [0.15, 0.2) is 24.5 Å². The lowest BCUT2D eigenvalue weighted by Crippen LogP contribution is -2.44. The van der Waals surface area contributed by atoms with E-state index in [2.05, 4.69) is 9.97 Å². The number of nitrogens with one attached hydrogen (secondary N) is 1. The second-order valence-electron chi connectivity index (χ2n) is 7.72. The van der Waals surface area contributed by atoms with Gasteiger partial charge in [0.05, 0.1) is 23.6 Å². The van der Waals surface area contributed by atoms with Crippen LogP contribution < -0.4 is 10.6 Å². The first-order valence-corrected chi connectivity index (χ1v) is 10.6. The van der Waals surface area contributed by atoms with Crippen LogP contribution in [0.1, 0.15) is 46.7 Å². The van der Waals surface area contributed by atoms with Crippen LogP contribution in [0.2, 0.25) is 5.02 Å². The van der Waals surface area contributed by atoms with Crippen LogP contribution >= 0.6 is 11.6 Å². The molecule has 11 heteroatoms. The molecule has 1 aliphatic carbocycles. The fraction of sp³-hybridized carbons (Fsp3) is 0.429. The predicted octanol–water partition coefficient (Wildman–Crippen LogP) is 1.96. The fourth-order valence-electron chi connectivity index (χ4n) is 4.07. The quantitative estimate of drug-likeness (QED) is 0.575. The summed E-state index contributed by atoms with van der Waals surface area (Å²) in [6.45, 7) is -0.226. The lowest BCUT2D eigenvalue weighted by Gasteiger charge is -2.36. The van der Waals surface area contributed by atoms with Gasteiger partial charge in [-0.2, -0.15) is 0 Å². The molecule has 3 rings (SSSR count). The molecule has 32 heavy (non-hydrogen) atoms. The highest BCUT2D eigenvalue weighted by molar-refractivity contribution is 6.33. The van der Waals surface area contributed by atoms with Crippen molar-refractivity contribution in [2.45, 2.75) is 31.7 Å². The van der Waals surface area contributed by atoms with Crippen molar-refractivity contribution >= 4 is 35.0 Å². The lowest BCUT2D eigenvalue weighted by molar-refractivity contribution is -0.123. The Morgan fingerprint density at radius 2 is 1.97 bits per heavy atom. The molecule has 0 radical (unpaired) electrons. The average Bonchev–Trinajstić information content (AvgIpc) is 3.27. The normalized spacial score (nSPS) is 18.2. The van der Waals surface area contributed by atoms with E-state index < -0.39 is 17.6 Å². The van der Waals surface area contributed by atoms with Gasteiger partial charge in [0.25, 0.3) is 11.8 Å². The zero-order valence-corrected chi connectivity index (χ0v) is 18.3. The van der Waals surface area contributed by atoms with Crippen LogP contribution in [0, 0.1) is 11.7 Å². The molecule has 0 atom stereocenters. The standard InChI is InChI=1S/C21H25ClFN5O4/c1-27(21(32)18-17(19(24)30)25-11-26-18)14-5-2-12(3-6-14)20(31)28(8-9-29)16-7-4-13(23)10-15(16)22/h4,7,10-12,14,29H,2-3,5-6,8-9H2,1H3,(H2,24,30)(H,25,26). The van der Waals surface area contributed by atoms with Crippen LogP contribution in [-0.4, -0.2) is 63.9 Å².